The van der Waals surface area contributed by atoms with Gasteiger partial charge in [-0.1, -0.05) is 12.1 Å². The molecule has 0 aromatic heterocycles. The largest absolute Gasteiger partial charge is 0.463 e. The zero-order valence-electron chi connectivity index (χ0n) is 11.9. The fourth-order valence-corrected chi connectivity index (χ4v) is 2.72. The summed E-state index contributed by atoms with van der Waals surface area (Å²) in [7, 11) is 0. The second-order valence-electron chi connectivity index (χ2n) is 5.12. The maximum absolute atomic E-state index is 10.9. The second kappa shape index (κ2) is 7.26. The zero-order chi connectivity index (χ0) is 16.1. The Labute approximate surface area is 133 Å². The molecule has 0 saturated carbocycles. The van der Waals surface area contributed by atoms with Crippen molar-refractivity contribution in [3.63, 3.8) is 0 Å². The van der Waals surface area contributed by atoms with Gasteiger partial charge in [0.2, 0.25) is 0 Å². The van der Waals surface area contributed by atoms with Crippen molar-refractivity contribution in [3.05, 3.63) is 39.9 Å². The third-order valence-corrected chi connectivity index (χ3v) is 3.96. The van der Waals surface area contributed by atoms with E-state index in [9.17, 15) is 14.9 Å². The predicted molar refractivity (Wildman–Crippen MR) is 85.8 cm³/mol. The maximum Gasteiger partial charge on any atom is 0.432 e. The molecule has 8 heteroatoms. The van der Waals surface area contributed by atoms with Crippen LogP contribution in [0.3, 0.4) is 0 Å². The predicted octanol–water partition coefficient (Wildman–Crippen LogP) is 2.61. The molecular formula is C14H17N3O4S. The van der Waals surface area contributed by atoms with E-state index < -0.39 is 11.0 Å². The van der Waals surface area contributed by atoms with Crippen LogP contribution in [0.5, 0.6) is 0 Å². The van der Waals surface area contributed by atoms with Gasteiger partial charge < -0.3 is 10.0 Å². The van der Waals surface area contributed by atoms with Gasteiger partial charge in [0.15, 0.2) is 0 Å². The molecular weight excluding hydrogens is 306 g/mol. The van der Waals surface area contributed by atoms with Crippen LogP contribution in [-0.4, -0.2) is 45.2 Å². The van der Waals surface area contributed by atoms with Gasteiger partial charge in [0.25, 0.3) is 5.69 Å². The van der Waals surface area contributed by atoms with Gasteiger partial charge in [-0.25, -0.2) is 4.79 Å². The summed E-state index contributed by atoms with van der Waals surface area (Å²) in [6.07, 6.45) is 0.753. The fraction of sp³-hybridized carbons (Fsp3) is 0.429. The topological polar surface area (TPSA) is 96.0 Å². The number of nitro groups is 1. The van der Waals surface area contributed by atoms with Crippen molar-refractivity contribution in [3.8, 4) is 0 Å². The lowest BCUT2D eigenvalue weighted by molar-refractivity contribution is -0.384. The minimum Gasteiger partial charge on any atom is -0.463 e. The van der Waals surface area contributed by atoms with Crippen molar-refractivity contribution in [1.29, 1.82) is 0 Å². The number of aliphatic imine (C=N–C) groups is 1. The van der Waals surface area contributed by atoms with E-state index in [2.05, 4.69) is 17.6 Å². The van der Waals surface area contributed by atoms with Gasteiger partial charge in [0.05, 0.1) is 4.92 Å². The highest BCUT2D eigenvalue weighted by Gasteiger charge is 2.23. The normalized spacial score (nSPS) is 18.5. The second-order valence-corrected chi connectivity index (χ2v) is 5.85. The molecule has 0 unspecified atom stereocenters. The number of amidine groups is 1. The Morgan fingerprint density at radius 3 is 2.64 bits per heavy atom. The molecule has 1 aromatic carbocycles. The maximum atomic E-state index is 10.9. The number of nitrogens with zero attached hydrogens (tertiary/aromatic N) is 3. The summed E-state index contributed by atoms with van der Waals surface area (Å²) < 4.78 is 0. The molecule has 0 aliphatic carbocycles. The molecule has 1 amide bonds. The SMILES string of the molecule is O=C(O)N=C(CCc1ccc([N+](=O)[O-])cc1)N1CC[C@H](S)C1. The summed E-state index contributed by atoms with van der Waals surface area (Å²) >= 11 is 4.40. The Bertz CT molecular complexity index is 588. The number of hydrogen-bond donors (Lipinski definition) is 2. The monoisotopic (exact) mass is 323 g/mol. The first-order valence-electron chi connectivity index (χ1n) is 6.92. The van der Waals surface area contributed by atoms with Crippen molar-refractivity contribution in [2.45, 2.75) is 24.5 Å². The van der Waals surface area contributed by atoms with E-state index in [1.807, 2.05) is 4.90 Å². The van der Waals surface area contributed by atoms with Crippen molar-refractivity contribution in [2.75, 3.05) is 13.1 Å². The average molecular weight is 323 g/mol. The van der Waals surface area contributed by atoms with E-state index in [1.165, 1.54) is 12.1 Å². The van der Waals surface area contributed by atoms with Crippen molar-refractivity contribution in [1.82, 2.24) is 4.90 Å². The lowest BCUT2D eigenvalue weighted by Gasteiger charge is -2.19. The molecule has 1 aliphatic rings. The highest BCUT2D eigenvalue weighted by molar-refractivity contribution is 7.81. The van der Waals surface area contributed by atoms with Gasteiger partial charge >= 0.3 is 6.09 Å². The number of nitro benzene ring substituents is 1. The fourth-order valence-electron chi connectivity index (χ4n) is 2.41. The van der Waals surface area contributed by atoms with Gasteiger partial charge in [-0.05, 0) is 18.4 Å². The van der Waals surface area contributed by atoms with Gasteiger partial charge in [-0.3, -0.25) is 10.1 Å². The van der Waals surface area contributed by atoms with Crippen LogP contribution in [0.2, 0.25) is 0 Å². The van der Waals surface area contributed by atoms with Crippen LogP contribution in [0.15, 0.2) is 29.3 Å². The van der Waals surface area contributed by atoms with Gasteiger partial charge in [-0.15, -0.1) is 0 Å². The first-order chi connectivity index (χ1) is 10.5. The molecule has 1 saturated heterocycles. The Kier molecular flexibility index (Phi) is 5.37. The third kappa shape index (κ3) is 4.45. The Balaban J connectivity index is 2.02. The highest BCUT2D eigenvalue weighted by atomic mass is 32.1. The van der Waals surface area contributed by atoms with Crippen LogP contribution in [0.4, 0.5) is 10.5 Å². The zero-order valence-corrected chi connectivity index (χ0v) is 12.8. The van der Waals surface area contributed by atoms with Crippen LogP contribution in [0, 0.1) is 10.1 Å². The first-order valence-corrected chi connectivity index (χ1v) is 7.44. The van der Waals surface area contributed by atoms with Gasteiger partial charge in [0, 0.05) is 36.9 Å². The number of carboxylic acid groups (broad SMARTS) is 1. The minimum atomic E-state index is -1.21. The van der Waals surface area contributed by atoms with Crippen LogP contribution < -0.4 is 0 Å². The molecule has 1 atom stereocenters. The Hall–Kier alpha value is -2.09. The minimum absolute atomic E-state index is 0.0423. The van der Waals surface area contributed by atoms with Crippen molar-refractivity contribution >= 4 is 30.2 Å². The van der Waals surface area contributed by atoms with Crippen molar-refractivity contribution in [2.24, 2.45) is 4.99 Å². The third-order valence-electron chi connectivity index (χ3n) is 3.54. The number of non-ortho nitro benzene ring substituents is 1. The average Bonchev–Trinajstić information content (AvgIpc) is 2.90. The number of hydrogen-bond acceptors (Lipinski definition) is 4. The van der Waals surface area contributed by atoms with Gasteiger partial charge in [0.1, 0.15) is 5.84 Å². The summed E-state index contributed by atoms with van der Waals surface area (Å²) in [5, 5.41) is 19.7. The first kappa shape index (κ1) is 16.3. The van der Waals surface area contributed by atoms with Gasteiger partial charge in [-0.2, -0.15) is 17.6 Å². The molecule has 2 rings (SSSR count). The number of carbonyl (C=O) groups is 1. The van der Waals surface area contributed by atoms with Crippen molar-refractivity contribution < 1.29 is 14.8 Å². The molecule has 0 radical (unpaired) electrons. The number of aryl methyl sites for hydroxylation is 1. The number of amides is 1. The van der Waals surface area contributed by atoms with E-state index >= 15 is 0 Å². The Morgan fingerprint density at radius 1 is 1.45 bits per heavy atom. The summed E-state index contributed by atoms with van der Waals surface area (Å²) in [6.45, 7) is 1.44. The molecule has 1 fully saturated rings. The highest BCUT2D eigenvalue weighted by Crippen LogP contribution is 2.18. The molecule has 1 aliphatic heterocycles. The Morgan fingerprint density at radius 2 is 2.14 bits per heavy atom. The van der Waals surface area contributed by atoms with Crippen LogP contribution >= 0.6 is 12.6 Å². The molecule has 1 aromatic rings. The van der Waals surface area contributed by atoms with E-state index in [0.29, 0.717) is 25.2 Å². The van der Waals surface area contributed by atoms with E-state index in [1.54, 1.807) is 12.1 Å². The molecule has 0 spiro atoms. The quantitative estimate of drug-likeness (QED) is 0.292. The molecule has 1 heterocycles. The van der Waals surface area contributed by atoms with E-state index in [0.717, 1.165) is 18.5 Å². The van der Waals surface area contributed by atoms with Crippen LogP contribution in [-0.2, 0) is 6.42 Å². The number of thiol groups is 1. The summed E-state index contributed by atoms with van der Waals surface area (Å²) in [4.78, 5) is 26.6. The number of rotatable bonds is 4. The number of benzene rings is 1. The molecule has 118 valence electrons. The summed E-state index contributed by atoms with van der Waals surface area (Å²) in [5.74, 6) is 0.530. The smallest absolute Gasteiger partial charge is 0.432 e. The van der Waals surface area contributed by atoms with E-state index in [4.69, 9.17) is 5.11 Å². The molecule has 1 N–H and O–H groups in total. The summed E-state index contributed by atoms with van der Waals surface area (Å²) in [5.41, 5.74) is 0.950. The molecule has 22 heavy (non-hydrogen) atoms. The van der Waals surface area contributed by atoms with E-state index in [-0.39, 0.29) is 10.9 Å². The lowest BCUT2D eigenvalue weighted by atomic mass is 10.1. The lowest BCUT2D eigenvalue weighted by Crippen LogP contribution is -2.30. The molecule has 0 bridgehead atoms. The summed E-state index contributed by atoms with van der Waals surface area (Å²) in [6, 6.07) is 6.26. The van der Waals surface area contributed by atoms with Crippen LogP contribution in [0.1, 0.15) is 18.4 Å². The standard InChI is InChI=1S/C14H17N3O4S/c18-14(19)15-13(16-8-7-12(22)9-16)6-3-10-1-4-11(5-2-10)17(20)21/h1-2,4-5,12,22H,3,6-9H2,(H,18,19)/t12-/m0/s1. The molecule has 7 nitrogen and oxygen atoms in total. The van der Waals surface area contributed by atoms with Crippen LogP contribution in [0.25, 0.3) is 0 Å². The number of likely N-dealkylation sites (tertiary alicyclic amines) is 1.